The molecule has 1 unspecified atom stereocenters. The summed E-state index contributed by atoms with van der Waals surface area (Å²) in [6.07, 6.45) is 7.10. The summed E-state index contributed by atoms with van der Waals surface area (Å²) in [5, 5.41) is 11.7. The van der Waals surface area contributed by atoms with Crippen LogP contribution in [-0.2, 0) is 4.74 Å². The standard InChI is InChI=1S/C17H19IN5P.C6H13NO2/c1-11-14-10-12(6-7-16(14)22-23(11)24-18)15-8-9-19-17(21-15)20-13-4-2-3-5-13;1-6(2,3)9-5(8)7-4/h6-10,13,24H,2-5H2,1H3,(H,19,20,21);1-4H3,(H,7,8). The maximum Gasteiger partial charge on any atom is 0.407 e. The number of aryl methyl sites for hydroxylation is 1. The van der Waals surface area contributed by atoms with Gasteiger partial charge < -0.3 is 15.4 Å². The lowest BCUT2D eigenvalue weighted by atomic mass is 10.1. The van der Waals surface area contributed by atoms with Gasteiger partial charge in [0.05, 0.1) is 17.6 Å². The monoisotopic (exact) mass is 582 g/mol. The van der Waals surface area contributed by atoms with Gasteiger partial charge in [-0.05, 0) is 80.8 Å². The smallest absolute Gasteiger partial charge is 0.407 e. The van der Waals surface area contributed by atoms with Crippen LogP contribution in [-0.4, -0.2) is 44.3 Å². The number of amides is 1. The summed E-state index contributed by atoms with van der Waals surface area (Å²) in [6, 6.07) is 8.86. The van der Waals surface area contributed by atoms with Crippen LogP contribution in [0.3, 0.4) is 0 Å². The Balaban J connectivity index is 0.000000292. The number of alkyl carbamates (subject to hydrolysis) is 1. The van der Waals surface area contributed by atoms with Crippen LogP contribution in [0.1, 0.15) is 52.1 Å². The maximum atomic E-state index is 10.5. The van der Waals surface area contributed by atoms with Gasteiger partial charge in [-0.3, -0.25) is 0 Å². The van der Waals surface area contributed by atoms with Crippen molar-refractivity contribution in [1.29, 1.82) is 0 Å². The third kappa shape index (κ3) is 7.24. The first-order valence-corrected chi connectivity index (χ1v) is 15.1. The predicted octanol–water partition coefficient (Wildman–Crippen LogP) is 6.09. The van der Waals surface area contributed by atoms with Crippen molar-refractivity contribution in [2.75, 3.05) is 12.4 Å². The van der Waals surface area contributed by atoms with Gasteiger partial charge in [-0.2, -0.15) is 5.10 Å². The second kappa shape index (κ2) is 11.4. The minimum absolute atomic E-state index is 0.387. The minimum Gasteiger partial charge on any atom is -0.444 e. The fraction of sp³-hybridized carbons (Fsp3) is 0.478. The Morgan fingerprint density at radius 2 is 1.97 bits per heavy atom. The zero-order valence-electron chi connectivity index (χ0n) is 19.8. The maximum absolute atomic E-state index is 10.5. The normalized spacial score (nSPS) is 14.4. The molecule has 8 nitrogen and oxygen atoms in total. The Kier molecular flexibility index (Phi) is 8.87. The van der Waals surface area contributed by atoms with E-state index < -0.39 is 0 Å². The van der Waals surface area contributed by atoms with E-state index in [0.717, 1.165) is 22.7 Å². The highest BCUT2D eigenvalue weighted by Crippen LogP contribution is 2.31. The molecular weight excluding hydrogens is 550 g/mol. The van der Waals surface area contributed by atoms with Crippen molar-refractivity contribution < 1.29 is 9.53 Å². The number of carbonyl (C=O) groups excluding carboxylic acids is 1. The van der Waals surface area contributed by atoms with E-state index in [4.69, 9.17) is 9.72 Å². The lowest BCUT2D eigenvalue weighted by Crippen LogP contribution is -2.30. The van der Waals surface area contributed by atoms with E-state index in [1.54, 1.807) is 0 Å². The fourth-order valence-corrected chi connectivity index (χ4v) is 5.42. The van der Waals surface area contributed by atoms with Crippen LogP contribution in [0.15, 0.2) is 30.5 Å². The van der Waals surface area contributed by atoms with Crippen LogP contribution in [0, 0.1) is 6.92 Å². The third-order valence-corrected chi connectivity index (χ3v) is 7.20. The molecule has 1 amide bonds. The van der Waals surface area contributed by atoms with E-state index in [-0.39, 0.29) is 11.7 Å². The van der Waals surface area contributed by atoms with Crippen molar-refractivity contribution in [2.24, 2.45) is 0 Å². The molecule has 178 valence electrons. The first kappa shape index (κ1) is 25.6. The topological polar surface area (TPSA) is 94.0 Å². The summed E-state index contributed by atoms with van der Waals surface area (Å²) in [7, 11) is 1.54. The second-order valence-electron chi connectivity index (χ2n) is 8.96. The average Bonchev–Trinajstić information content (AvgIpc) is 3.40. The number of aromatic nitrogens is 4. The molecular formula is C23H32IN6O2P. The van der Waals surface area contributed by atoms with Crippen molar-refractivity contribution in [3.8, 4) is 11.3 Å². The van der Waals surface area contributed by atoms with Crippen LogP contribution in [0.4, 0.5) is 10.7 Å². The van der Waals surface area contributed by atoms with Gasteiger partial charge in [0.1, 0.15) is 5.60 Å². The van der Waals surface area contributed by atoms with E-state index in [9.17, 15) is 4.79 Å². The third-order valence-electron chi connectivity index (χ3n) is 5.23. The number of hydrogen-bond acceptors (Lipinski definition) is 6. The Labute approximate surface area is 210 Å². The predicted molar refractivity (Wildman–Crippen MR) is 144 cm³/mol. The van der Waals surface area contributed by atoms with Gasteiger partial charge in [0.15, 0.2) is 0 Å². The molecule has 3 aromatic rings. The molecule has 1 saturated carbocycles. The molecule has 2 heterocycles. The van der Waals surface area contributed by atoms with Gasteiger partial charge in [-0.25, -0.2) is 19.2 Å². The molecule has 33 heavy (non-hydrogen) atoms. The number of ether oxygens (including phenoxy) is 1. The molecule has 2 aromatic heterocycles. The summed E-state index contributed by atoms with van der Waals surface area (Å²) in [5.74, 6) is 0.737. The number of benzene rings is 1. The van der Waals surface area contributed by atoms with E-state index in [2.05, 4.69) is 72.3 Å². The van der Waals surface area contributed by atoms with Crippen LogP contribution < -0.4 is 10.6 Å². The summed E-state index contributed by atoms with van der Waals surface area (Å²) < 4.78 is 6.89. The molecule has 0 radical (unpaired) electrons. The van der Waals surface area contributed by atoms with E-state index in [1.807, 2.05) is 33.0 Å². The summed E-state index contributed by atoms with van der Waals surface area (Å²) in [6.45, 7) is 7.59. The minimum atomic E-state index is -0.389. The molecule has 1 atom stereocenters. The quantitative estimate of drug-likeness (QED) is 0.286. The van der Waals surface area contributed by atoms with E-state index in [0.29, 0.717) is 12.4 Å². The number of nitrogens with one attached hydrogen (secondary N) is 2. The summed E-state index contributed by atoms with van der Waals surface area (Å²) in [4.78, 5) is 19.6. The molecule has 1 aliphatic carbocycles. The highest BCUT2D eigenvalue weighted by molar-refractivity contribution is 14.2. The SMILES string of the molecule is CNC(=O)OC(C)(C)C.Cc1c2cc(-c3ccnc(NC4CCCC4)n3)ccc2nn1PI. The molecule has 10 heteroatoms. The van der Waals surface area contributed by atoms with Crippen molar-refractivity contribution in [1.82, 2.24) is 24.8 Å². The molecule has 0 saturated heterocycles. The number of hydrogen-bond donors (Lipinski definition) is 2. The largest absolute Gasteiger partial charge is 0.444 e. The van der Waals surface area contributed by atoms with Crippen LogP contribution in [0.2, 0.25) is 0 Å². The van der Waals surface area contributed by atoms with E-state index in [1.165, 1.54) is 43.8 Å². The van der Waals surface area contributed by atoms with Crippen molar-refractivity contribution in [2.45, 2.75) is 65.0 Å². The summed E-state index contributed by atoms with van der Waals surface area (Å²) >= 11 is 2.36. The number of anilines is 1. The van der Waals surface area contributed by atoms with Gasteiger partial charge in [0.2, 0.25) is 5.95 Å². The first-order chi connectivity index (χ1) is 15.7. The molecule has 1 aromatic carbocycles. The lowest BCUT2D eigenvalue weighted by Gasteiger charge is -2.18. The first-order valence-electron chi connectivity index (χ1n) is 11.1. The highest BCUT2D eigenvalue weighted by atomic mass is 127. The molecule has 0 aliphatic heterocycles. The van der Waals surface area contributed by atoms with E-state index >= 15 is 0 Å². The second-order valence-corrected chi connectivity index (χ2v) is 11.0. The Bertz CT molecular complexity index is 1090. The van der Waals surface area contributed by atoms with Gasteiger partial charge in [-0.15, -0.1) is 0 Å². The van der Waals surface area contributed by atoms with Crippen LogP contribution in [0.25, 0.3) is 22.2 Å². The molecule has 1 aliphatic rings. The average molecular weight is 582 g/mol. The van der Waals surface area contributed by atoms with Gasteiger partial charge in [0.25, 0.3) is 0 Å². The number of nitrogens with zero attached hydrogens (tertiary/aromatic N) is 4. The Morgan fingerprint density at radius 1 is 1.24 bits per heavy atom. The molecule has 1 fully saturated rings. The Hall–Kier alpha value is -2.00. The van der Waals surface area contributed by atoms with Crippen molar-refractivity contribution in [3.63, 3.8) is 0 Å². The van der Waals surface area contributed by atoms with Crippen LogP contribution in [0.5, 0.6) is 0 Å². The van der Waals surface area contributed by atoms with Gasteiger partial charge in [-0.1, -0.05) is 18.9 Å². The van der Waals surface area contributed by atoms with Gasteiger partial charge in [0, 0.05) is 35.9 Å². The van der Waals surface area contributed by atoms with Crippen molar-refractivity contribution in [3.05, 3.63) is 36.2 Å². The fourth-order valence-electron chi connectivity index (χ4n) is 3.62. The van der Waals surface area contributed by atoms with Gasteiger partial charge >= 0.3 is 6.09 Å². The molecule has 0 spiro atoms. The number of fused-ring (bicyclic) bond motifs is 1. The summed E-state index contributed by atoms with van der Waals surface area (Å²) in [5.41, 5.74) is 3.92. The number of halogens is 1. The molecule has 0 bridgehead atoms. The highest BCUT2D eigenvalue weighted by Gasteiger charge is 2.16. The Morgan fingerprint density at radius 3 is 2.58 bits per heavy atom. The lowest BCUT2D eigenvalue weighted by molar-refractivity contribution is 0.0541. The van der Waals surface area contributed by atoms with Crippen molar-refractivity contribution >= 4 is 51.4 Å². The molecule has 2 N–H and O–H groups in total. The molecule has 4 rings (SSSR count). The zero-order chi connectivity index (χ0) is 24.0. The number of carbonyl (C=O) groups is 1. The van der Waals surface area contributed by atoms with Crippen LogP contribution >= 0.6 is 28.4 Å². The number of rotatable bonds is 4. The zero-order valence-corrected chi connectivity index (χ0v) is 22.9.